The van der Waals surface area contributed by atoms with Gasteiger partial charge >= 0.3 is 0 Å². The van der Waals surface area contributed by atoms with Crippen molar-refractivity contribution in [2.75, 3.05) is 6.54 Å². The zero-order valence-electron chi connectivity index (χ0n) is 16.0. The third-order valence-corrected chi connectivity index (χ3v) is 5.57. The number of benzene rings is 2. The monoisotopic (exact) mass is 399 g/mol. The van der Waals surface area contributed by atoms with Gasteiger partial charge in [0.25, 0.3) is 0 Å². The minimum Gasteiger partial charge on any atom is -0.443 e. The molecule has 4 rings (SSSR count). The molecular formula is C22H23F2N3O2. The fraction of sp³-hybridized carbons (Fsp3) is 0.364. The van der Waals surface area contributed by atoms with Gasteiger partial charge in [0.1, 0.15) is 11.6 Å². The number of amides is 1. The molecule has 0 aromatic heterocycles. The lowest BCUT2D eigenvalue weighted by Gasteiger charge is -2.38. The Hall–Kier alpha value is -2.80. The maximum absolute atomic E-state index is 14.4. The van der Waals surface area contributed by atoms with Crippen molar-refractivity contribution in [1.82, 2.24) is 5.01 Å². The van der Waals surface area contributed by atoms with Crippen LogP contribution in [0.15, 0.2) is 53.6 Å². The van der Waals surface area contributed by atoms with Crippen LogP contribution in [-0.4, -0.2) is 23.4 Å². The summed E-state index contributed by atoms with van der Waals surface area (Å²) >= 11 is 0. The van der Waals surface area contributed by atoms with Crippen LogP contribution in [-0.2, 0) is 15.3 Å². The first-order valence-corrected chi connectivity index (χ1v) is 9.88. The molecule has 29 heavy (non-hydrogen) atoms. The molecule has 1 heterocycles. The van der Waals surface area contributed by atoms with Crippen molar-refractivity contribution in [3.63, 3.8) is 0 Å². The molecule has 152 valence electrons. The number of halogens is 2. The second-order valence-electron chi connectivity index (χ2n) is 7.45. The van der Waals surface area contributed by atoms with Crippen LogP contribution in [0.2, 0.25) is 0 Å². The molecule has 1 saturated carbocycles. The van der Waals surface area contributed by atoms with E-state index in [1.54, 1.807) is 0 Å². The van der Waals surface area contributed by atoms with E-state index < -0.39 is 17.4 Å². The molecule has 2 N–H and O–H groups in total. The number of nitrogens with zero attached hydrogens (tertiary/aromatic N) is 2. The summed E-state index contributed by atoms with van der Waals surface area (Å²) in [5.74, 6) is -1.67. The van der Waals surface area contributed by atoms with E-state index in [2.05, 4.69) is 5.10 Å². The normalized spacial score (nSPS) is 21.5. The van der Waals surface area contributed by atoms with E-state index in [-0.39, 0.29) is 23.3 Å². The number of carbonyl (C=O) groups is 1. The molecule has 1 unspecified atom stereocenters. The zero-order valence-corrected chi connectivity index (χ0v) is 16.0. The Labute approximate surface area is 168 Å². The lowest BCUT2D eigenvalue weighted by atomic mass is 9.83. The summed E-state index contributed by atoms with van der Waals surface area (Å²) in [6.45, 7) is 0.396. The van der Waals surface area contributed by atoms with Crippen molar-refractivity contribution in [3.05, 3.63) is 71.3 Å². The second-order valence-corrected chi connectivity index (χ2v) is 7.45. The lowest BCUT2D eigenvalue weighted by Crippen LogP contribution is -2.48. The molecule has 1 fully saturated rings. The maximum atomic E-state index is 14.4. The van der Waals surface area contributed by atoms with E-state index in [4.69, 9.17) is 10.5 Å². The summed E-state index contributed by atoms with van der Waals surface area (Å²) in [6, 6.07) is 12.3. The molecule has 2 aromatic rings. The highest BCUT2D eigenvalue weighted by Crippen LogP contribution is 2.43. The summed E-state index contributed by atoms with van der Waals surface area (Å²) in [5.41, 5.74) is 5.12. The van der Waals surface area contributed by atoms with Gasteiger partial charge in [0.05, 0.1) is 5.56 Å². The minimum atomic E-state index is -1.23. The number of carbonyl (C=O) groups excluding carboxylic acids is 1. The molecule has 1 aliphatic heterocycles. The molecule has 7 heteroatoms. The fourth-order valence-electron chi connectivity index (χ4n) is 3.74. The number of hydrogen-bond acceptors (Lipinski definition) is 4. The van der Waals surface area contributed by atoms with Crippen LogP contribution in [0.25, 0.3) is 0 Å². The molecule has 2 aromatic carbocycles. The van der Waals surface area contributed by atoms with Gasteiger partial charge < -0.3 is 10.5 Å². The van der Waals surface area contributed by atoms with Crippen molar-refractivity contribution < 1.29 is 18.3 Å². The first-order chi connectivity index (χ1) is 14.0. The van der Waals surface area contributed by atoms with Crippen molar-refractivity contribution >= 4 is 11.8 Å². The molecule has 0 saturated heterocycles. The van der Waals surface area contributed by atoms with Crippen molar-refractivity contribution in [2.45, 2.75) is 37.8 Å². The van der Waals surface area contributed by atoms with E-state index in [0.29, 0.717) is 19.4 Å². The molecule has 0 radical (unpaired) electrons. The largest absolute Gasteiger partial charge is 0.443 e. The van der Waals surface area contributed by atoms with Crippen LogP contribution >= 0.6 is 0 Å². The Bertz CT molecular complexity index is 931. The Morgan fingerprint density at radius 2 is 1.97 bits per heavy atom. The van der Waals surface area contributed by atoms with Gasteiger partial charge in [-0.2, -0.15) is 5.01 Å². The Balaban J connectivity index is 1.82. The Morgan fingerprint density at radius 1 is 1.21 bits per heavy atom. The predicted molar refractivity (Wildman–Crippen MR) is 105 cm³/mol. The highest BCUT2D eigenvalue weighted by Gasteiger charge is 2.51. The van der Waals surface area contributed by atoms with Gasteiger partial charge in [0.2, 0.25) is 17.5 Å². The highest BCUT2D eigenvalue weighted by atomic mass is 19.1. The van der Waals surface area contributed by atoms with Crippen LogP contribution in [0.5, 0.6) is 0 Å². The van der Waals surface area contributed by atoms with Crippen LogP contribution in [0.1, 0.15) is 43.2 Å². The average molecular weight is 399 g/mol. The van der Waals surface area contributed by atoms with E-state index in [1.165, 1.54) is 5.01 Å². The third kappa shape index (κ3) is 3.51. The fourth-order valence-corrected chi connectivity index (χ4v) is 3.74. The molecule has 0 bridgehead atoms. The van der Waals surface area contributed by atoms with Crippen LogP contribution < -0.4 is 5.73 Å². The van der Waals surface area contributed by atoms with E-state index in [9.17, 15) is 13.6 Å². The lowest BCUT2D eigenvalue weighted by molar-refractivity contribution is -0.160. The molecule has 2 aliphatic rings. The van der Waals surface area contributed by atoms with Gasteiger partial charge in [-0.25, -0.2) is 8.78 Å². The second kappa shape index (κ2) is 7.91. The van der Waals surface area contributed by atoms with Crippen LogP contribution in [0.3, 0.4) is 0 Å². The number of hydrazone groups is 1. The summed E-state index contributed by atoms with van der Waals surface area (Å²) in [7, 11) is 0. The van der Waals surface area contributed by atoms with Crippen molar-refractivity contribution in [3.8, 4) is 0 Å². The van der Waals surface area contributed by atoms with Gasteiger partial charge in [-0.05, 0) is 44.0 Å². The number of hydrogen-bond donors (Lipinski definition) is 1. The minimum absolute atomic E-state index is 0.101. The first kappa shape index (κ1) is 19.5. The van der Waals surface area contributed by atoms with E-state index in [0.717, 1.165) is 43.0 Å². The van der Waals surface area contributed by atoms with Gasteiger partial charge in [-0.3, -0.25) is 4.79 Å². The number of rotatable bonds is 6. The Morgan fingerprint density at radius 3 is 2.62 bits per heavy atom. The standard InChI is InChI=1S/C22H23F2N3O2/c23-17-10-11-19(24)18(14-17)20-26-27(21(28)15-6-4-7-15)22(29-20,12-5-13-25)16-8-2-1-3-9-16/h1-3,8-11,14-15H,4-7,12-13,25H2. The smallest absolute Gasteiger partial charge is 0.249 e. The molecule has 0 spiro atoms. The topological polar surface area (TPSA) is 67.9 Å². The highest BCUT2D eigenvalue weighted by molar-refractivity contribution is 5.97. The third-order valence-electron chi connectivity index (χ3n) is 5.57. The van der Waals surface area contributed by atoms with Crippen LogP contribution in [0.4, 0.5) is 8.78 Å². The van der Waals surface area contributed by atoms with Gasteiger partial charge in [-0.1, -0.05) is 36.8 Å². The molecule has 1 amide bonds. The van der Waals surface area contributed by atoms with Crippen molar-refractivity contribution in [2.24, 2.45) is 16.8 Å². The SMILES string of the molecule is NCCCC1(c2ccccc2)OC(c2cc(F)ccc2F)=NN1C(=O)C1CCC1. The summed E-state index contributed by atoms with van der Waals surface area (Å²) in [6.07, 6.45) is 3.52. The summed E-state index contributed by atoms with van der Waals surface area (Å²) in [4.78, 5) is 13.2. The van der Waals surface area contributed by atoms with Gasteiger partial charge in [-0.15, -0.1) is 5.10 Å². The molecule has 1 atom stereocenters. The van der Waals surface area contributed by atoms with Crippen molar-refractivity contribution in [1.29, 1.82) is 0 Å². The average Bonchev–Trinajstić information content (AvgIpc) is 3.08. The predicted octanol–water partition coefficient (Wildman–Crippen LogP) is 3.88. The molecule has 1 aliphatic carbocycles. The maximum Gasteiger partial charge on any atom is 0.249 e. The van der Waals surface area contributed by atoms with E-state index in [1.807, 2.05) is 30.3 Å². The number of nitrogens with two attached hydrogens (primary N) is 1. The first-order valence-electron chi connectivity index (χ1n) is 9.88. The zero-order chi connectivity index (χ0) is 20.4. The summed E-state index contributed by atoms with van der Waals surface area (Å²) < 4.78 is 34.4. The molecule has 5 nitrogen and oxygen atoms in total. The van der Waals surface area contributed by atoms with Gasteiger partial charge in [0.15, 0.2) is 0 Å². The van der Waals surface area contributed by atoms with Gasteiger partial charge in [0, 0.05) is 17.9 Å². The van der Waals surface area contributed by atoms with Crippen LogP contribution in [0, 0.1) is 17.6 Å². The quantitative estimate of drug-likeness (QED) is 0.802. The summed E-state index contributed by atoms with van der Waals surface area (Å²) in [5, 5.41) is 5.71. The number of ether oxygens (including phenoxy) is 1. The molecular weight excluding hydrogens is 376 g/mol. The van der Waals surface area contributed by atoms with E-state index >= 15 is 0 Å². The Kier molecular flexibility index (Phi) is 5.32.